The zero-order valence-electron chi connectivity index (χ0n) is 7.39. The molecule has 1 rings (SSSR count). The van der Waals surface area contributed by atoms with Gasteiger partial charge in [0.2, 0.25) is 0 Å². The number of pyridine rings is 1. The normalized spacial score (nSPS) is 8.83. The number of hydrogen-bond donors (Lipinski definition) is 1. The molecule has 0 bridgehead atoms. The minimum absolute atomic E-state index is 0.831. The SMILES string of the molecule is CC#Cc1ccc(CNC)cn1. The van der Waals surface area contributed by atoms with E-state index in [4.69, 9.17) is 0 Å². The molecule has 0 aliphatic heterocycles. The second-order valence-electron chi connectivity index (χ2n) is 2.46. The highest BCUT2D eigenvalue weighted by atomic mass is 14.8. The van der Waals surface area contributed by atoms with Crippen LogP contribution in [0.5, 0.6) is 0 Å². The van der Waals surface area contributed by atoms with E-state index in [-0.39, 0.29) is 0 Å². The van der Waals surface area contributed by atoms with Crippen LogP contribution >= 0.6 is 0 Å². The predicted octanol–water partition coefficient (Wildman–Crippen LogP) is 1.17. The lowest BCUT2D eigenvalue weighted by Gasteiger charge is -1.97. The monoisotopic (exact) mass is 160 g/mol. The van der Waals surface area contributed by atoms with Gasteiger partial charge >= 0.3 is 0 Å². The molecule has 0 saturated carbocycles. The molecule has 1 aromatic heterocycles. The van der Waals surface area contributed by atoms with Gasteiger partial charge in [0, 0.05) is 12.7 Å². The van der Waals surface area contributed by atoms with Crippen molar-refractivity contribution in [3.05, 3.63) is 29.6 Å². The molecule has 2 heteroatoms. The van der Waals surface area contributed by atoms with Crippen LogP contribution in [0.1, 0.15) is 18.2 Å². The first-order chi connectivity index (χ1) is 5.86. The molecule has 0 aliphatic rings. The zero-order valence-corrected chi connectivity index (χ0v) is 7.39. The van der Waals surface area contributed by atoms with E-state index in [1.54, 1.807) is 0 Å². The van der Waals surface area contributed by atoms with Gasteiger partial charge < -0.3 is 5.32 Å². The third kappa shape index (κ3) is 2.37. The highest BCUT2D eigenvalue weighted by Gasteiger charge is 1.90. The molecule has 0 saturated heterocycles. The lowest BCUT2D eigenvalue weighted by molar-refractivity contribution is 0.813. The van der Waals surface area contributed by atoms with E-state index in [9.17, 15) is 0 Å². The van der Waals surface area contributed by atoms with Gasteiger partial charge in [-0.05, 0) is 31.5 Å². The maximum atomic E-state index is 4.17. The van der Waals surface area contributed by atoms with Crippen LogP contribution < -0.4 is 5.32 Å². The molecule has 1 aromatic rings. The number of aromatic nitrogens is 1. The molecule has 1 N–H and O–H groups in total. The number of nitrogens with zero attached hydrogens (tertiary/aromatic N) is 1. The second-order valence-corrected chi connectivity index (χ2v) is 2.46. The Morgan fingerprint density at radius 1 is 1.50 bits per heavy atom. The fourth-order valence-electron chi connectivity index (χ4n) is 0.935. The first-order valence-electron chi connectivity index (χ1n) is 3.89. The second kappa shape index (κ2) is 4.53. The van der Waals surface area contributed by atoms with Crippen molar-refractivity contribution in [3.8, 4) is 11.8 Å². The van der Waals surface area contributed by atoms with E-state index in [2.05, 4.69) is 22.1 Å². The van der Waals surface area contributed by atoms with Gasteiger partial charge in [0.15, 0.2) is 0 Å². The molecular formula is C10H12N2. The van der Waals surface area contributed by atoms with E-state index in [1.807, 2.05) is 32.3 Å². The first kappa shape index (κ1) is 8.76. The molecule has 0 unspecified atom stereocenters. The van der Waals surface area contributed by atoms with Crippen molar-refractivity contribution in [2.45, 2.75) is 13.5 Å². The Labute approximate surface area is 73.0 Å². The smallest absolute Gasteiger partial charge is 0.113 e. The van der Waals surface area contributed by atoms with Gasteiger partial charge in [0.1, 0.15) is 5.69 Å². The number of nitrogens with one attached hydrogen (secondary N) is 1. The van der Waals surface area contributed by atoms with Crippen LogP contribution in [0.2, 0.25) is 0 Å². The highest BCUT2D eigenvalue weighted by molar-refractivity contribution is 5.28. The third-order valence-corrected chi connectivity index (χ3v) is 1.46. The molecule has 0 radical (unpaired) electrons. The van der Waals surface area contributed by atoms with Crippen LogP contribution in [0.15, 0.2) is 18.3 Å². The Kier molecular flexibility index (Phi) is 3.31. The summed E-state index contributed by atoms with van der Waals surface area (Å²) in [6, 6.07) is 3.96. The van der Waals surface area contributed by atoms with Crippen molar-refractivity contribution in [2.24, 2.45) is 0 Å². The first-order valence-corrected chi connectivity index (χ1v) is 3.89. The van der Waals surface area contributed by atoms with E-state index in [1.165, 1.54) is 5.56 Å². The summed E-state index contributed by atoms with van der Waals surface area (Å²) in [6.07, 6.45) is 1.84. The van der Waals surface area contributed by atoms with Crippen molar-refractivity contribution in [3.63, 3.8) is 0 Å². The lowest BCUT2D eigenvalue weighted by atomic mass is 10.2. The Morgan fingerprint density at radius 3 is 2.83 bits per heavy atom. The minimum Gasteiger partial charge on any atom is -0.316 e. The summed E-state index contributed by atoms with van der Waals surface area (Å²) in [5.41, 5.74) is 2.01. The predicted molar refractivity (Wildman–Crippen MR) is 49.6 cm³/mol. The Balaban J connectivity index is 2.76. The molecule has 62 valence electrons. The van der Waals surface area contributed by atoms with Gasteiger partial charge in [-0.3, -0.25) is 0 Å². The van der Waals surface area contributed by atoms with Crippen molar-refractivity contribution in [1.29, 1.82) is 0 Å². The van der Waals surface area contributed by atoms with E-state index < -0.39 is 0 Å². The van der Waals surface area contributed by atoms with Crippen LogP contribution in [-0.4, -0.2) is 12.0 Å². The van der Waals surface area contributed by atoms with E-state index in [0.717, 1.165) is 12.2 Å². The maximum absolute atomic E-state index is 4.17. The molecule has 12 heavy (non-hydrogen) atoms. The standard InChI is InChI=1S/C10H12N2/c1-3-4-10-6-5-9(7-11-2)8-12-10/h5-6,8,11H,7H2,1-2H3. The summed E-state index contributed by atoms with van der Waals surface area (Å²) in [5.74, 6) is 5.70. The Bertz CT molecular complexity index is 290. The fourth-order valence-corrected chi connectivity index (χ4v) is 0.935. The third-order valence-electron chi connectivity index (χ3n) is 1.46. The van der Waals surface area contributed by atoms with Crippen LogP contribution in [-0.2, 0) is 6.54 Å². The fraction of sp³-hybridized carbons (Fsp3) is 0.300. The molecule has 0 fully saturated rings. The average molecular weight is 160 g/mol. The van der Waals surface area contributed by atoms with Gasteiger partial charge in [-0.1, -0.05) is 12.0 Å². The topological polar surface area (TPSA) is 24.9 Å². The minimum atomic E-state index is 0.831. The molecule has 0 aliphatic carbocycles. The highest BCUT2D eigenvalue weighted by Crippen LogP contribution is 1.98. The van der Waals surface area contributed by atoms with Crippen LogP contribution in [0, 0.1) is 11.8 Å². The zero-order chi connectivity index (χ0) is 8.81. The Morgan fingerprint density at radius 2 is 2.33 bits per heavy atom. The summed E-state index contributed by atoms with van der Waals surface area (Å²) >= 11 is 0. The molecule has 0 amide bonds. The maximum Gasteiger partial charge on any atom is 0.113 e. The van der Waals surface area contributed by atoms with Crippen molar-refractivity contribution in [1.82, 2.24) is 10.3 Å². The van der Waals surface area contributed by atoms with Crippen molar-refractivity contribution >= 4 is 0 Å². The van der Waals surface area contributed by atoms with E-state index in [0.29, 0.717) is 0 Å². The molecular weight excluding hydrogens is 148 g/mol. The summed E-state index contributed by atoms with van der Waals surface area (Å²) in [4.78, 5) is 4.17. The Hall–Kier alpha value is -1.33. The summed E-state index contributed by atoms with van der Waals surface area (Å²) < 4.78 is 0. The largest absolute Gasteiger partial charge is 0.316 e. The van der Waals surface area contributed by atoms with Gasteiger partial charge in [-0.25, -0.2) is 4.98 Å². The molecule has 0 aromatic carbocycles. The summed E-state index contributed by atoms with van der Waals surface area (Å²) in [5, 5.41) is 3.06. The van der Waals surface area contributed by atoms with Crippen LogP contribution in [0.25, 0.3) is 0 Å². The number of rotatable bonds is 2. The number of hydrogen-bond acceptors (Lipinski definition) is 2. The molecule has 2 nitrogen and oxygen atoms in total. The van der Waals surface area contributed by atoms with Gasteiger partial charge in [0.05, 0.1) is 0 Å². The van der Waals surface area contributed by atoms with Gasteiger partial charge in [-0.15, -0.1) is 0 Å². The van der Waals surface area contributed by atoms with Gasteiger partial charge in [-0.2, -0.15) is 0 Å². The summed E-state index contributed by atoms with van der Waals surface area (Å²) in [7, 11) is 1.92. The van der Waals surface area contributed by atoms with Crippen LogP contribution in [0.3, 0.4) is 0 Å². The quantitative estimate of drug-likeness (QED) is 0.657. The molecule has 0 atom stereocenters. The summed E-state index contributed by atoms with van der Waals surface area (Å²) in [6.45, 7) is 2.66. The van der Waals surface area contributed by atoms with Gasteiger partial charge in [0.25, 0.3) is 0 Å². The van der Waals surface area contributed by atoms with Crippen molar-refractivity contribution < 1.29 is 0 Å². The lowest BCUT2D eigenvalue weighted by Crippen LogP contribution is -2.05. The molecule has 0 spiro atoms. The van der Waals surface area contributed by atoms with Crippen molar-refractivity contribution in [2.75, 3.05) is 7.05 Å². The van der Waals surface area contributed by atoms with Crippen LogP contribution in [0.4, 0.5) is 0 Å². The molecule has 1 heterocycles. The average Bonchev–Trinajstić information content (AvgIpc) is 2.09. The van der Waals surface area contributed by atoms with E-state index >= 15 is 0 Å².